The molecule has 0 spiro atoms. The summed E-state index contributed by atoms with van der Waals surface area (Å²) < 4.78 is 1.66. The molecule has 28 heavy (non-hydrogen) atoms. The molecular weight excluding hydrogens is 354 g/mol. The van der Waals surface area contributed by atoms with Crippen LogP contribution < -0.4 is 15.8 Å². The third-order valence-electron chi connectivity index (χ3n) is 4.98. The highest BCUT2D eigenvalue weighted by Gasteiger charge is 2.20. The molecule has 3 aromatic rings. The largest absolute Gasteiger partial charge is 0.352 e. The lowest BCUT2D eigenvalue weighted by atomic mass is 10.2. The molecule has 0 aliphatic carbocycles. The summed E-state index contributed by atoms with van der Waals surface area (Å²) >= 11 is 0. The Morgan fingerprint density at radius 1 is 1.14 bits per heavy atom. The van der Waals surface area contributed by atoms with Crippen LogP contribution >= 0.6 is 0 Å². The molecule has 1 amide bonds. The number of hydrogen-bond acceptors (Lipinski definition) is 5. The number of benzene rings is 1. The van der Waals surface area contributed by atoms with Crippen LogP contribution in [-0.4, -0.2) is 33.5 Å². The number of rotatable bonds is 5. The lowest BCUT2D eigenvalue weighted by Gasteiger charge is -2.19. The summed E-state index contributed by atoms with van der Waals surface area (Å²) in [5.41, 5.74) is 2.41. The number of carbonyl (C=O) groups is 1. The normalized spacial score (nSPS) is 13.8. The maximum atomic E-state index is 13.1. The van der Waals surface area contributed by atoms with Gasteiger partial charge < -0.3 is 14.8 Å². The first-order chi connectivity index (χ1) is 13.6. The van der Waals surface area contributed by atoms with Gasteiger partial charge in [0.05, 0.1) is 11.0 Å². The van der Waals surface area contributed by atoms with Crippen LogP contribution in [0.1, 0.15) is 24.8 Å². The van der Waals surface area contributed by atoms with E-state index in [1.165, 1.54) is 0 Å². The maximum Gasteiger partial charge on any atom is 0.294 e. The van der Waals surface area contributed by atoms with Gasteiger partial charge in [-0.3, -0.25) is 9.59 Å². The molecule has 7 heteroatoms. The lowest BCUT2D eigenvalue weighted by molar-refractivity contribution is -0.116. The molecule has 1 N–H and O–H groups in total. The van der Waals surface area contributed by atoms with Crippen LogP contribution in [-0.2, 0) is 11.3 Å². The van der Waals surface area contributed by atoms with Crippen LogP contribution in [0.2, 0.25) is 0 Å². The summed E-state index contributed by atoms with van der Waals surface area (Å²) in [6.07, 6.45) is 4.03. The van der Waals surface area contributed by atoms with Gasteiger partial charge in [0.2, 0.25) is 5.91 Å². The van der Waals surface area contributed by atoms with Gasteiger partial charge in [0.15, 0.2) is 5.82 Å². The van der Waals surface area contributed by atoms with E-state index in [0.29, 0.717) is 18.2 Å². The third kappa shape index (κ3) is 3.74. The Kier molecular flexibility index (Phi) is 5.06. The van der Waals surface area contributed by atoms with Crippen LogP contribution in [0.3, 0.4) is 0 Å². The number of aromatic nitrogens is 3. The van der Waals surface area contributed by atoms with E-state index in [9.17, 15) is 9.59 Å². The molecule has 1 aliphatic rings. The average Bonchev–Trinajstić information content (AvgIpc) is 3.23. The van der Waals surface area contributed by atoms with Crippen LogP contribution in [0.5, 0.6) is 0 Å². The number of aryl methyl sites for hydroxylation is 2. The predicted octanol–water partition coefficient (Wildman–Crippen LogP) is 2.73. The predicted molar refractivity (Wildman–Crippen MR) is 110 cm³/mol. The number of hydrogen-bond donors (Lipinski definition) is 1. The van der Waals surface area contributed by atoms with Crippen molar-refractivity contribution >= 4 is 28.6 Å². The van der Waals surface area contributed by atoms with E-state index < -0.39 is 0 Å². The van der Waals surface area contributed by atoms with Crippen molar-refractivity contribution in [3.63, 3.8) is 0 Å². The van der Waals surface area contributed by atoms with Gasteiger partial charge in [-0.1, -0.05) is 18.2 Å². The number of pyridine rings is 1. The summed E-state index contributed by atoms with van der Waals surface area (Å²) in [7, 11) is 0. The van der Waals surface area contributed by atoms with E-state index >= 15 is 0 Å². The van der Waals surface area contributed by atoms with Gasteiger partial charge in [-0.15, -0.1) is 0 Å². The van der Waals surface area contributed by atoms with Gasteiger partial charge in [0.25, 0.3) is 5.56 Å². The molecule has 4 rings (SSSR count). The maximum absolute atomic E-state index is 13.1. The molecule has 144 valence electrons. The van der Waals surface area contributed by atoms with E-state index in [1.807, 2.05) is 42.2 Å². The second kappa shape index (κ2) is 7.80. The van der Waals surface area contributed by atoms with Crippen LogP contribution in [0.15, 0.2) is 47.4 Å². The Morgan fingerprint density at radius 3 is 2.68 bits per heavy atom. The zero-order valence-electron chi connectivity index (χ0n) is 15.9. The monoisotopic (exact) mass is 377 g/mol. The zero-order chi connectivity index (χ0) is 19.5. The number of nitrogens with one attached hydrogen (secondary N) is 1. The van der Waals surface area contributed by atoms with Crippen LogP contribution in [0.4, 0.5) is 11.6 Å². The van der Waals surface area contributed by atoms with E-state index in [0.717, 1.165) is 42.5 Å². The third-order valence-corrected chi connectivity index (χ3v) is 4.98. The molecule has 1 aromatic carbocycles. The first kappa shape index (κ1) is 18.2. The minimum atomic E-state index is -0.174. The van der Waals surface area contributed by atoms with Crippen molar-refractivity contribution in [3.05, 3.63) is 58.5 Å². The van der Waals surface area contributed by atoms with Gasteiger partial charge in [-0.25, -0.2) is 9.97 Å². The van der Waals surface area contributed by atoms with Crippen LogP contribution in [0, 0.1) is 6.92 Å². The highest BCUT2D eigenvalue weighted by molar-refractivity contribution is 5.89. The van der Waals surface area contributed by atoms with Crippen molar-refractivity contribution in [2.24, 2.45) is 0 Å². The van der Waals surface area contributed by atoms with Crippen LogP contribution in [0.25, 0.3) is 11.0 Å². The van der Waals surface area contributed by atoms with Crippen molar-refractivity contribution in [1.29, 1.82) is 0 Å². The second-order valence-electron chi connectivity index (χ2n) is 7.09. The Labute approximate surface area is 163 Å². The van der Waals surface area contributed by atoms with Gasteiger partial charge in [0.1, 0.15) is 5.82 Å². The standard InChI is InChI=1S/C21H23N5O2/c1-15-8-9-18(22-14-15)24-19(27)10-13-26-17-7-3-2-6-16(17)23-20(21(26)28)25-11-4-5-12-25/h2-3,6-9,14H,4-5,10-13H2,1H3,(H,22,24,27). The summed E-state index contributed by atoms with van der Waals surface area (Å²) in [6.45, 7) is 3.93. The molecule has 2 aromatic heterocycles. The summed E-state index contributed by atoms with van der Waals surface area (Å²) in [6, 6.07) is 11.2. The highest BCUT2D eigenvalue weighted by Crippen LogP contribution is 2.18. The fourth-order valence-corrected chi connectivity index (χ4v) is 3.50. The van der Waals surface area contributed by atoms with E-state index in [1.54, 1.807) is 16.8 Å². The quantitative estimate of drug-likeness (QED) is 0.739. The molecule has 7 nitrogen and oxygen atoms in total. The molecule has 0 unspecified atom stereocenters. The van der Waals surface area contributed by atoms with Crippen molar-refractivity contribution < 1.29 is 4.79 Å². The lowest BCUT2D eigenvalue weighted by Crippen LogP contribution is -2.32. The molecule has 0 bridgehead atoms. The topological polar surface area (TPSA) is 80.1 Å². The number of fused-ring (bicyclic) bond motifs is 1. The average molecular weight is 377 g/mol. The number of anilines is 2. The molecule has 1 aliphatic heterocycles. The number of nitrogens with zero attached hydrogens (tertiary/aromatic N) is 4. The summed E-state index contributed by atoms with van der Waals surface area (Å²) in [5.74, 6) is 0.823. The zero-order valence-corrected chi connectivity index (χ0v) is 15.9. The molecule has 1 saturated heterocycles. The molecular formula is C21H23N5O2. The van der Waals surface area contributed by atoms with Gasteiger partial charge in [0, 0.05) is 32.3 Å². The van der Waals surface area contributed by atoms with Crippen molar-refractivity contribution in [2.45, 2.75) is 32.7 Å². The van der Waals surface area contributed by atoms with Crippen molar-refractivity contribution in [3.8, 4) is 0 Å². The number of para-hydroxylation sites is 2. The highest BCUT2D eigenvalue weighted by atomic mass is 16.2. The minimum absolute atomic E-state index is 0.137. The second-order valence-corrected chi connectivity index (χ2v) is 7.09. The first-order valence-corrected chi connectivity index (χ1v) is 9.59. The van der Waals surface area contributed by atoms with Gasteiger partial charge >= 0.3 is 0 Å². The molecule has 0 atom stereocenters. The fraction of sp³-hybridized carbons (Fsp3) is 0.333. The van der Waals surface area contributed by atoms with Crippen molar-refractivity contribution in [1.82, 2.24) is 14.5 Å². The Balaban J connectivity index is 1.58. The van der Waals surface area contributed by atoms with Gasteiger partial charge in [-0.05, 0) is 43.5 Å². The Bertz CT molecular complexity index is 1050. The van der Waals surface area contributed by atoms with Gasteiger partial charge in [-0.2, -0.15) is 0 Å². The number of carbonyl (C=O) groups excluding carboxylic acids is 1. The molecule has 0 radical (unpaired) electrons. The Morgan fingerprint density at radius 2 is 1.93 bits per heavy atom. The fourth-order valence-electron chi connectivity index (χ4n) is 3.50. The number of amides is 1. The minimum Gasteiger partial charge on any atom is -0.352 e. The van der Waals surface area contributed by atoms with E-state index in [2.05, 4.69) is 15.3 Å². The summed E-state index contributed by atoms with van der Waals surface area (Å²) in [5, 5.41) is 2.79. The smallest absolute Gasteiger partial charge is 0.294 e. The van der Waals surface area contributed by atoms with E-state index in [4.69, 9.17) is 0 Å². The SMILES string of the molecule is Cc1ccc(NC(=O)CCn2c(=O)c(N3CCCC3)nc3ccccc32)nc1. The first-order valence-electron chi connectivity index (χ1n) is 9.59. The van der Waals surface area contributed by atoms with E-state index in [-0.39, 0.29) is 17.9 Å². The van der Waals surface area contributed by atoms with Crippen molar-refractivity contribution in [2.75, 3.05) is 23.3 Å². The molecule has 3 heterocycles. The summed E-state index contributed by atoms with van der Waals surface area (Å²) in [4.78, 5) is 36.3. The Hall–Kier alpha value is -3.22. The molecule has 0 saturated carbocycles. The molecule has 1 fully saturated rings.